The Morgan fingerprint density at radius 2 is 2.22 bits per heavy atom. The van der Waals surface area contributed by atoms with E-state index in [0.717, 1.165) is 28.9 Å². The number of fused-ring (bicyclic) bond motifs is 1. The highest BCUT2D eigenvalue weighted by atomic mass is 35.5. The van der Waals surface area contributed by atoms with Crippen molar-refractivity contribution in [2.75, 3.05) is 11.2 Å². The molecule has 18 heavy (non-hydrogen) atoms. The van der Waals surface area contributed by atoms with E-state index < -0.39 is 0 Å². The van der Waals surface area contributed by atoms with Crippen LogP contribution in [0.15, 0.2) is 12.4 Å². The highest BCUT2D eigenvalue weighted by Crippen LogP contribution is 2.30. The Morgan fingerprint density at radius 3 is 2.89 bits per heavy atom. The number of alkyl halides is 1. The molecule has 0 spiro atoms. The van der Waals surface area contributed by atoms with E-state index in [2.05, 4.69) is 42.1 Å². The van der Waals surface area contributed by atoms with E-state index >= 15 is 0 Å². The maximum Gasteiger partial charge on any atom is 0.138 e. The van der Waals surface area contributed by atoms with Gasteiger partial charge in [0.2, 0.25) is 0 Å². The van der Waals surface area contributed by atoms with Crippen LogP contribution in [0.1, 0.15) is 31.6 Å². The zero-order chi connectivity index (χ0) is 13.2. The SMILES string of the molecule is CCC(C)(CCCl)Nc1ncnc2sc(C)cc12. The lowest BCUT2D eigenvalue weighted by molar-refractivity contribution is 0.480. The number of anilines is 1. The first-order valence-electron chi connectivity index (χ1n) is 6.13. The summed E-state index contributed by atoms with van der Waals surface area (Å²) in [5.41, 5.74) is -0.0150. The number of thiophene rings is 1. The molecule has 5 heteroatoms. The van der Waals surface area contributed by atoms with Gasteiger partial charge in [0.25, 0.3) is 0 Å². The molecular weight excluding hydrogens is 266 g/mol. The monoisotopic (exact) mass is 283 g/mol. The summed E-state index contributed by atoms with van der Waals surface area (Å²) >= 11 is 7.58. The molecule has 0 saturated heterocycles. The number of hydrogen-bond donors (Lipinski definition) is 1. The minimum absolute atomic E-state index is 0.0150. The summed E-state index contributed by atoms with van der Waals surface area (Å²) in [6, 6.07) is 2.14. The fourth-order valence-corrected chi connectivity index (χ4v) is 3.16. The smallest absolute Gasteiger partial charge is 0.138 e. The first-order valence-corrected chi connectivity index (χ1v) is 7.48. The average molecular weight is 284 g/mol. The van der Waals surface area contributed by atoms with Crippen LogP contribution in [0, 0.1) is 6.92 Å². The summed E-state index contributed by atoms with van der Waals surface area (Å²) in [6.07, 6.45) is 3.55. The molecule has 2 heterocycles. The van der Waals surface area contributed by atoms with E-state index in [1.165, 1.54) is 4.88 Å². The second-order valence-corrected chi connectivity index (χ2v) is 6.39. The molecule has 1 atom stereocenters. The van der Waals surface area contributed by atoms with Crippen molar-refractivity contribution in [1.82, 2.24) is 9.97 Å². The van der Waals surface area contributed by atoms with Crippen molar-refractivity contribution in [3.63, 3.8) is 0 Å². The Kier molecular flexibility index (Phi) is 4.07. The quantitative estimate of drug-likeness (QED) is 0.835. The number of nitrogens with zero attached hydrogens (tertiary/aromatic N) is 2. The Morgan fingerprint density at radius 1 is 1.44 bits per heavy atom. The number of hydrogen-bond acceptors (Lipinski definition) is 4. The first kappa shape index (κ1) is 13.6. The van der Waals surface area contributed by atoms with Gasteiger partial charge in [0, 0.05) is 16.3 Å². The number of rotatable bonds is 5. The largest absolute Gasteiger partial charge is 0.364 e. The third kappa shape index (κ3) is 2.75. The van der Waals surface area contributed by atoms with E-state index in [9.17, 15) is 0 Å². The zero-order valence-electron chi connectivity index (χ0n) is 11.0. The van der Waals surface area contributed by atoms with E-state index in [4.69, 9.17) is 11.6 Å². The second-order valence-electron chi connectivity index (χ2n) is 4.78. The highest BCUT2D eigenvalue weighted by molar-refractivity contribution is 7.18. The van der Waals surface area contributed by atoms with Crippen molar-refractivity contribution < 1.29 is 0 Å². The van der Waals surface area contributed by atoms with Gasteiger partial charge in [-0.05, 0) is 32.8 Å². The Bertz CT molecular complexity index is 540. The Balaban J connectivity index is 2.36. The number of aromatic nitrogens is 2. The van der Waals surface area contributed by atoms with Crippen LogP contribution < -0.4 is 5.32 Å². The van der Waals surface area contributed by atoms with Gasteiger partial charge < -0.3 is 5.32 Å². The molecular formula is C13H18ClN3S. The first-order chi connectivity index (χ1) is 8.58. The lowest BCUT2D eigenvalue weighted by Gasteiger charge is -2.29. The summed E-state index contributed by atoms with van der Waals surface area (Å²) in [5.74, 6) is 1.56. The zero-order valence-corrected chi connectivity index (χ0v) is 12.5. The maximum absolute atomic E-state index is 5.88. The van der Waals surface area contributed by atoms with Gasteiger partial charge in [0.1, 0.15) is 17.0 Å². The van der Waals surface area contributed by atoms with Crippen molar-refractivity contribution in [1.29, 1.82) is 0 Å². The molecule has 3 nitrogen and oxygen atoms in total. The Hall–Kier alpha value is -0.870. The topological polar surface area (TPSA) is 37.8 Å². The van der Waals surface area contributed by atoms with E-state index in [1.807, 2.05) is 0 Å². The van der Waals surface area contributed by atoms with Gasteiger partial charge in [0.05, 0.1) is 5.39 Å². The van der Waals surface area contributed by atoms with Crippen LogP contribution >= 0.6 is 22.9 Å². The van der Waals surface area contributed by atoms with Crippen LogP contribution in [0.5, 0.6) is 0 Å². The molecule has 2 rings (SSSR count). The fourth-order valence-electron chi connectivity index (χ4n) is 1.90. The molecule has 0 aromatic carbocycles. The van der Waals surface area contributed by atoms with Gasteiger partial charge in [-0.15, -0.1) is 22.9 Å². The van der Waals surface area contributed by atoms with Gasteiger partial charge in [-0.1, -0.05) is 6.92 Å². The average Bonchev–Trinajstić information content (AvgIpc) is 2.71. The molecule has 2 aromatic heterocycles. The van der Waals surface area contributed by atoms with E-state index in [1.54, 1.807) is 17.7 Å². The van der Waals surface area contributed by atoms with Crippen molar-refractivity contribution in [3.05, 3.63) is 17.3 Å². The van der Waals surface area contributed by atoms with Crippen molar-refractivity contribution >= 4 is 39.0 Å². The van der Waals surface area contributed by atoms with E-state index in [-0.39, 0.29) is 5.54 Å². The number of aryl methyl sites for hydroxylation is 1. The molecule has 0 aliphatic heterocycles. The fraction of sp³-hybridized carbons (Fsp3) is 0.538. The van der Waals surface area contributed by atoms with Gasteiger partial charge in [-0.3, -0.25) is 0 Å². The van der Waals surface area contributed by atoms with Crippen LogP contribution in [0.4, 0.5) is 5.82 Å². The summed E-state index contributed by atoms with van der Waals surface area (Å²) in [6.45, 7) is 6.44. The van der Waals surface area contributed by atoms with Gasteiger partial charge in [-0.2, -0.15) is 0 Å². The van der Waals surface area contributed by atoms with Gasteiger partial charge in [0.15, 0.2) is 0 Å². The van der Waals surface area contributed by atoms with Crippen LogP contribution in [0.25, 0.3) is 10.2 Å². The van der Waals surface area contributed by atoms with Crippen molar-refractivity contribution in [3.8, 4) is 0 Å². The number of nitrogens with one attached hydrogen (secondary N) is 1. The third-order valence-electron chi connectivity index (χ3n) is 3.30. The second kappa shape index (κ2) is 5.41. The molecule has 0 amide bonds. The lowest BCUT2D eigenvalue weighted by atomic mass is 9.95. The standard InChI is InChI=1S/C13H18ClN3S/c1-4-13(3,5-6-14)17-11-10-7-9(2)18-12(10)16-8-15-11/h7-8H,4-6H2,1-3H3,(H,15,16,17). The molecule has 0 bridgehead atoms. The normalized spacial score (nSPS) is 14.7. The predicted octanol–water partition coefficient (Wildman–Crippen LogP) is 4.21. The van der Waals surface area contributed by atoms with Crippen LogP contribution in [-0.2, 0) is 0 Å². The molecule has 0 radical (unpaired) electrons. The summed E-state index contributed by atoms with van der Waals surface area (Å²) < 4.78 is 0. The van der Waals surface area contributed by atoms with Crippen molar-refractivity contribution in [2.24, 2.45) is 0 Å². The van der Waals surface area contributed by atoms with Crippen molar-refractivity contribution in [2.45, 2.75) is 39.2 Å². The maximum atomic E-state index is 5.88. The number of halogens is 1. The molecule has 1 N–H and O–H groups in total. The molecule has 98 valence electrons. The Labute approximate surface area is 117 Å². The summed E-state index contributed by atoms with van der Waals surface area (Å²) in [5, 5.41) is 4.64. The molecule has 0 aliphatic rings. The predicted molar refractivity (Wildman–Crippen MR) is 79.8 cm³/mol. The van der Waals surface area contributed by atoms with Crippen LogP contribution in [-0.4, -0.2) is 21.4 Å². The highest BCUT2D eigenvalue weighted by Gasteiger charge is 2.22. The molecule has 0 aliphatic carbocycles. The van der Waals surface area contributed by atoms with Crippen LogP contribution in [0.3, 0.4) is 0 Å². The minimum Gasteiger partial charge on any atom is -0.364 e. The molecule has 2 aromatic rings. The third-order valence-corrected chi connectivity index (χ3v) is 4.45. The molecule has 0 saturated carbocycles. The molecule has 0 fully saturated rings. The van der Waals surface area contributed by atoms with E-state index in [0.29, 0.717) is 5.88 Å². The minimum atomic E-state index is -0.0150. The van der Waals surface area contributed by atoms with Crippen LogP contribution in [0.2, 0.25) is 0 Å². The van der Waals surface area contributed by atoms with Gasteiger partial charge >= 0.3 is 0 Å². The lowest BCUT2D eigenvalue weighted by Crippen LogP contribution is -2.34. The molecule has 1 unspecified atom stereocenters. The summed E-state index contributed by atoms with van der Waals surface area (Å²) in [7, 11) is 0. The summed E-state index contributed by atoms with van der Waals surface area (Å²) in [4.78, 5) is 11.0. The van der Waals surface area contributed by atoms with Gasteiger partial charge in [-0.25, -0.2) is 9.97 Å².